The van der Waals surface area contributed by atoms with E-state index in [0.29, 0.717) is 11.5 Å². The van der Waals surface area contributed by atoms with Gasteiger partial charge < -0.3 is 9.64 Å². The van der Waals surface area contributed by atoms with Gasteiger partial charge in [0.05, 0.1) is 11.5 Å². The van der Waals surface area contributed by atoms with Crippen molar-refractivity contribution in [1.82, 2.24) is 4.90 Å². The van der Waals surface area contributed by atoms with Gasteiger partial charge in [-0.05, 0) is 50.8 Å². The van der Waals surface area contributed by atoms with Crippen molar-refractivity contribution in [2.24, 2.45) is 0 Å². The van der Waals surface area contributed by atoms with E-state index >= 15 is 0 Å². The molecule has 1 aromatic carbocycles. The molecular formula is C24H37NO2S. The van der Waals surface area contributed by atoms with E-state index in [0.717, 1.165) is 30.8 Å². The maximum Gasteiger partial charge on any atom is 0.344 e. The first kappa shape index (κ1) is 24.4. The summed E-state index contributed by atoms with van der Waals surface area (Å²) in [5.41, 5.74) is 0. The van der Waals surface area contributed by atoms with Crippen molar-refractivity contribution in [3.8, 4) is 0 Å². The third-order valence-corrected chi connectivity index (χ3v) is 5.54. The second-order valence-corrected chi connectivity index (χ2v) is 7.88. The molecule has 4 heteroatoms. The summed E-state index contributed by atoms with van der Waals surface area (Å²) >= 11 is 1.46. The Morgan fingerprint density at radius 1 is 0.964 bits per heavy atom. The summed E-state index contributed by atoms with van der Waals surface area (Å²) in [6.45, 7) is 8.87. The molecule has 0 saturated carbocycles. The van der Waals surface area contributed by atoms with Crippen LogP contribution in [0.15, 0.2) is 58.5 Å². The second-order valence-electron chi connectivity index (χ2n) is 6.77. The lowest BCUT2D eigenvalue weighted by Crippen LogP contribution is -2.15. The summed E-state index contributed by atoms with van der Waals surface area (Å²) < 4.78 is 5.54. The van der Waals surface area contributed by atoms with Crippen molar-refractivity contribution in [2.45, 2.75) is 70.6 Å². The molecule has 0 amide bonds. The number of hydrogen-bond acceptors (Lipinski definition) is 4. The van der Waals surface area contributed by atoms with Crippen LogP contribution in [-0.4, -0.2) is 30.6 Å². The van der Waals surface area contributed by atoms with Gasteiger partial charge in [-0.15, -0.1) is 0 Å². The number of unbranched alkanes of at least 4 members (excludes halogenated alkanes) is 6. The Morgan fingerprint density at radius 2 is 1.61 bits per heavy atom. The van der Waals surface area contributed by atoms with Gasteiger partial charge in [-0.25, -0.2) is 4.79 Å². The zero-order valence-electron chi connectivity index (χ0n) is 17.9. The molecule has 0 unspecified atom stereocenters. The number of allylic oxidation sites excluding steroid dienone is 2. The van der Waals surface area contributed by atoms with Gasteiger partial charge in [0.15, 0.2) is 0 Å². The normalized spacial score (nSPS) is 11.8. The van der Waals surface area contributed by atoms with E-state index < -0.39 is 0 Å². The molecular weight excluding hydrogens is 366 g/mol. The van der Waals surface area contributed by atoms with Crippen molar-refractivity contribution in [3.05, 3.63) is 53.6 Å². The van der Waals surface area contributed by atoms with Gasteiger partial charge >= 0.3 is 5.97 Å². The van der Waals surface area contributed by atoms with Gasteiger partial charge in [-0.2, -0.15) is 0 Å². The zero-order valence-corrected chi connectivity index (χ0v) is 18.7. The van der Waals surface area contributed by atoms with Crippen LogP contribution in [0.3, 0.4) is 0 Å². The number of esters is 1. The van der Waals surface area contributed by atoms with Crippen LogP contribution in [-0.2, 0) is 9.53 Å². The van der Waals surface area contributed by atoms with Crippen LogP contribution in [0.25, 0.3) is 0 Å². The fourth-order valence-electron chi connectivity index (χ4n) is 2.74. The van der Waals surface area contributed by atoms with Crippen molar-refractivity contribution >= 4 is 17.7 Å². The molecule has 0 radical (unpaired) electrons. The third-order valence-electron chi connectivity index (χ3n) is 4.51. The molecule has 28 heavy (non-hydrogen) atoms. The van der Waals surface area contributed by atoms with Crippen molar-refractivity contribution < 1.29 is 9.53 Å². The molecule has 0 atom stereocenters. The maximum atomic E-state index is 12.6. The molecule has 0 bridgehead atoms. The topological polar surface area (TPSA) is 29.5 Å². The van der Waals surface area contributed by atoms with Crippen LogP contribution in [0, 0.1) is 0 Å². The highest BCUT2D eigenvalue weighted by Gasteiger charge is 2.12. The Balaban J connectivity index is 2.54. The Kier molecular flexibility index (Phi) is 14.2. The standard InChI is InChI=1S/C24H37NO2S/c1-4-7-8-9-10-11-15-21-27-24(26)23(19-16-20-25(5-2)6-3)28-22-17-13-12-14-18-22/h12-14,16-20H,4-11,15,21H2,1-3H3/b20-16+,23-19+. The van der Waals surface area contributed by atoms with Gasteiger partial charge in [0.25, 0.3) is 0 Å². The molecule has 0 aromatic heterocycles. The van der Waals surface area contributed by atoms with Crippen molar-refractivity contribution in [2.75, 3.05) is 19.7 Å². The highest BCUT2D eigenvalue weighted by Crippen LogP contribution is 2.27. The molecule has 0 heterocycles. The molecule has 0 fully saturated rings. The largest absolute Gasteiger partial charge is 0.462 e. The van der Waals surface area contributed by atoms with Crippen LogP contribution < -0.4 is 0 Å². The smallest absolute Gasteiger partial charge is 0.344 e. The number of carbonyl (C=O) groups is 1. The number of nitrogens with zero attached hydrogens (tertiary/aromatic N) is 1. The second kappa shape index (κ2) is 16.3. The van der Waals surface area contributed by atoms with Crippen LogP contribution in [0.4, 0.5) is 0 Å². The Labute approximate surface area is 176 Å². The minimum absolute atomic E-state index is 0.232. The van der Waals surface area contributed by atoms with E-state index in [9.17, 15) is 4.79 Å². The number of carbonyl (C=O) groups excluding carboxylic acids is 1. The molecule has 3 nitrogen and oxygen atoms in total. The molecule has 0 aliphatic rings. The molecule has 0 aliphatic carbocycles. The minimum Gasteiger partial charge on any atom is -0.462 e. The fraction of sp³-hybridized carbons (Fsp3) is 0.542. The van der Waals surface area contributed by atoms with Crippen molar-refractivity contribution in [3.63, 3.8) is 0 Å². The molecule has 0 saturated heterocycles. The average Bonchev–Trinajstić information content (AvgIpc) is 2.73. The van der Waals surface area contributed by atoms with Crippen molar-refractivity contribution in [1.29, 1.82) is 0 Å². The molecule has 0 N–H and O–H groups in total. The summed E-state index contributed by atoms with van der Waals surface area (Å²) in [5.74, 6) is -0.232. The first-order valence-electron chi connectivity index (χ1n) is 10.7. The monoisotopic (exact) mass is 403 g/mol. The molecule has 1 aromatic rings. The summed E-state index contributed by atoms with van der Waals surface area (Å²) in [7, 11) is 0. The predicted molar refractivity (Wildman–Crippen MR) is 121 cm³/mol. The predicted octanol–water partition coefficient (Wildman–Crippen LogP) is 6.81. The van der Waals surface area contributed by atoms with E-state index in [1.54, 1.807) is 0 Å². The van der Waals surface area contributed by atoms with Crippen LogP contribution in [0.5, 0.6) is 0 Å². The average molecular weight is 404 g/mol. The SMILES string of the molecule is CCCCCCCCCOC(=O)/C(=C\C=C\N(CC)CC)Sc1ccccc1. The molecule has 0 spiro atoms. The van der Waals surface area contributed by atoms with Gasteiger partial charge in [0.1, 0.15) is 0 Å². The number of ether oxygens (including phenoxy) is 1. The van der Waals surface area contributed by atoms with Gasteiger partial charge in [0, 0.05) is 18.0 Å². The number of hydrogen-bond donors (Lipinski definition) is 0. The lowest BCUT2D eigenvalue weighted by atomic mass is 10.1. The first-order valence-corrected chi connectivity index (χ1v) is 11.5. The molecule has 1 rings (SSSR count). The van der Waals surface area contributed by atoms with E-state index in [1.807, 2.05) is 48.7 Å². The van der Waals surface area contributed by atoms with E-state index in [4.69, 9.17) is 4.74 Å². The van der Waals surface area contributed by atoms with E-state index in [2.05, 4.69) is 25.7 Å². The lowest BCUT2D eigenvalue weighted by Gasteiger charge is -2.14. The lowest BCUT2D eigenvalue weighted by molar-refractivity contribution is -0.138. The fourth-order valence-corrected chi connectivity index (χ4v) is 3.58. The van der Waals surface area contributed by atoms with Gasteiger partial charge in [0.2, 0.25) is 0 Å². The summed E-state index contributed by atoms with van der Waals surface area (Å²) in [6.07, 6.45) is 14.3. The number of thioether (sulfide) groups is 1. The third kappa shape index (κ3) is 11.2. The summed E-state index contributed by atoms with van der Waals surface area (Å²) in [6, 6.07) is 9.96. The maximum absolute atomic E-state index is 12.6. The van der Waals surface area contributed by atoms with Crippen LogP contribution >= 0.6 is 11.8 Å². The van der Waals surface area contributed by atoms with Crippen LogP contribution in [0.1, 0.15) is 65.7 Å². The number of rotatable bonds is 15. The highest BCUT2D eigenvalue weighted by molar-refractivity contribution is 8.04. The zero-order chi connectivity index (χ0) is 20.5. The first-order chi connectivity index (χ1) is 13.7. The Bertz CT molecular complexity index is 580. The van der Waals surface area contributed by atoms with Gasteiger partial charge in [-0.3, -0.25) is 0 Å². The molecule has 156 valence electrons. The Hall–Kier alpha value is -1.68. The number of benzene rings is 1. The van der Waals surface area contributed by atoms with Gasteiger partial charge in [-0.1, -0.05) is 75.4 Å². The summed E-state index contributed by atoms with van der Waals surface area (Å²) in [5, 5.41) is 0. The van der Waals surface area contributed by atoms with E-state index in [-0.39, 0.29) is 5.97 Å². The molecule has 0 aliphatic heterocycles. The van der Waals surface area contributed by atoms with E-state index in [1.165, 1.54) is 43.9 Å². The Morgan fingerprint density at radius 3 is 2.25 bits per heavy atom. The van der Waals surface area contributed by atoms with Crippen LogP contribution in [0.2, 0.25) is 0 Å². The summed E-state index contributed by atoms with van der Waals surface area (Å²) in [4.78, 5) is 16.4. The highest BCUT2D eigenvalue weighted by atomic mass is 32.2. The minimum atomic E-state index is -0.232. The quantitative estimate of drug-likeness (QED) is 0.106.